The number of rotatable bonds is 6. The van der Waals surface area contributed by atoms with E-state index in [1.807, 2.05) is 0 Å². The van der Waals surface area contributed by atoms with Crippen LogP contribution >= 0.6 is 23.2 Å². The summed E-state index contributed by atoms with van der Waals surface area (Å²) in [6, 6.07) is 7.96. The molecular weight excluding hydrogens is 492 g/mol. The molecule has 1 fully saturated rings. The molecule has 1 amide bonds. The lowest BCUT2D eigenvalue weighted by molar-refractivity contribution is -0.128. The third-order valence-corrected chi connectivity index (χ3v) is 6.69. The summed E-state index contributed by atoms with van der Waals surface area (Å²) in [5.41, 5.74) is 3.14. The number of ketones is 2. The number of aryl methyl sites for hydroxylation is 2. The van der Waals surface area contributed by atoms with Crippen molar-refractivity contribution in [3.05, 3.63) is 81.0 Å². The number of aromatic nitrogens is 2. The molecule has 1 saturated carbocycles. The highest BCUT2D eigenvalue weighted by Crippen LogP contribution is 2.38. The largest absolute Gasteiger partial charge is 0.350 e. The Morgan fingerprint density at radius 3 is 2.51 bits per heavy atom. The number of hydrogen-bond donors (Lipinski definition) is 1. The molecule has 2 aromatic heterocycles. The first-order valence-electron chi connectivity index (χ1n) is 11.0. The van der Waals surface area contributed by atoms with Crippen molar-refractivity contribution in [2.24, 2.45) is 5.92 Å². The van der Waals surface area contributed by atoms with E-state index in [0.717, 1.165) is 0 Å². The Hall–Kier alpha value is -3.16. The molecule has 3 aromatic rings. The van der Waals surface area contributed by atoms with Crippen LogP contribution in [-0.4, -0.2) is 27.4 Å². The maximum atomic E-state index is 14.4. The molecule has 6 nitrogen and oxygen atoms in total. The molecule has 2 atom stereocenters. The molecule has 1 aliphatic rings. The van der Waals surface area contributed by atoms with E-state index in [-0.39, 0.29) is 47.6 Å². The number of hydrogen-bond acceptors (Lipinski definition) is 5. The number of pyridine rings is 2. The van der Waals surface area contributed by atoms with Crippen molar-refractivity contribution in [2.45, 2.75) is 39.2 Å². The second kappa shape index (κ2) is 10.2. The second-order valence-electron chi connectivity index (χ2n) is 8.62. The lowest BCUT2D eigenvalue weighted by atomic mass is 9.85. The Balaban J connectivity index is 1.50. The summed E-state index contributed by atoms with van der Waals surface area (Å²) in [4.78, 5) is 46.8. The molecule has 1 N–H and O–H groups in total. The number of Topliss-reactive ketones (excluding diaryl/α,β-unsaturated/α-hetero) is 2. The number of amides is 1. The minimum atomic E-state index is -0.949. The summed E-state index contributed by atoms with van der Waals surface area (Å²) < 4.78 is 14.4. The molecule has 0 radical (unpaired) electrons. The molecule has 2 heterocycles. The topological polar surface area (TPSA) is 89.0 Å². The van der Waals surface area contributed by atoms with Gasteiger partial charge in [0.05, 0.1) is 22.3 Å². The van der Waals surface area contributed by atoms with Gasteiger partial charge in [0.1, 0.15) is 17.4 Å². The molecule has 0 saturated heterocycles. The Bertz CT molecular complexity index is 1320. The number of nitrogens with one attached hydrogen (secondary N) is 1. The second-order valence-corrected chi connectivity index (χ2v) is 9.47. The lowest BCUT2D eigenvalue weighted by Gasteiger charge is -2.17. The van der Waals surface area contributed by atoms with E-state index in [1.54, 1.807) is 44.3 Å². The molecule has 0 spiro atoms. The van der Waals surface area contributed by atoms with Crippen LogP contribution in [0, 0.1) is 25.6 Å². The first kappa shape index (κ1) is 24.9. The first-order chi connectivity index (χ1) is 16.7. The van der Waals surface area contributed by atoms with Crippen molar-refractivity contribution in [3.63, 3.8) is 0 Å². The van der Waals surface area contributed by atoms with Crippen molar-refractivity contribution >= 4 is 40.7 Å². The van der Waals surface area contributed by atoms with E-state index in [4.69, 9.17) is 23.2 Å². The van der Waals surface area contributed by atoms with Crippen molar-refractivity contribution in [1.82, 2.24) is 15.3 Å². The standard InChI is InChI=1S/C26H22Cl2FN3O3/c1-13-6-15(25-19(29)10-17(27)11-32-25)7-14(2)23(13)24-21(33)8-16(26(24)35)9-22(34)31-12-20-18(28)4-3-5-30-20/h3-7,10-11,16,24H,8-9,12H2,1-2H3,(H,31,34). The zero-order valence-corrected chi connectivity index (χ0v) is 20.6. The quantitative estimate of drug-likeness (QED) is 0.460. The molecule has 1 aliphatic carbocycles. The minimum Gasteiger partial charge on any atom is -0.350 e. The van der Waals surface area contributed by atoms with Gasteiger partial charge in [-0.05, 0) is 60.9 Å². The first-order valence-corrected chi connectivity index (χ1v) is 11.8. The number of carbonyl (C=O) groups excluding carboxylic acids is 3. The Morgan fingerprint density at radius 2 is 1.86 bits per heavy atom. The van der Waals surface area contributed by atoms with Gasteiger partial charge < -0.3 is 5.32 Å². The van der Waals surface area contributed by atoms with E-state index in [9.17, 15) is 18.8 Å². The van der Waals surface area contributed by atoms with Crippen LogP contribution in [0.3, 0.4) is 0 Å². The van der Waals surface area contributed by atoms with E-state index in [1.165, 1.54) is 12.3 Å². The third-order valence-electron chi connectivity index (χ3n) is 6.14. The predicted octanol–water partition coefficient (Wildman–Crippen LogP) is 5.15. The van der Waals surface area contributed by atoms with Crippen LogP contribution in [-0.2, 0) is 20.9 Å². The van der Waals surface area contributed by atoms with E-state index in [2.05, 4.69) is 15.3 Å². The smallest absolute Gasteiger partial charge is 0.221 e. The van der Waals surface area contributed by atoms with Gasteiger partial charge in [0, 0.05) is 36.7 Å². The molecule has 1 aromatic carbocycles. The van der Waals surface area contributed by atoms with Crippen LogP contribution in [0.5, 0.6) is 0 Å². The Morgan fingerprint density at radius 1 is 1.14 bits per heavy atom. The van der Waals surface area contributed by atoms with Gasteiger partial charge in [-0.3, -0.25) is 24.4 Å². The zero-order chi connectivity index (χ0) is 25.3. The van der Waals surface area contributed by atoms with Crippen molar-refractivity contribution in [1.29, 1.82) is 0 Å². The lowest BCUT2D eigenvalue weighted by Crippen LogP contribution is -2.27. The SMILES string of the molecule is Cc1cc(-c2ncc(Cl)cc2F)cc(C)c1C1C(=O)CC(CC(=O)NCc2ncccc2Cl)C1=O. The molecule has 9 heteroatoms. The fourth-order valence-electron chi connectivity index (χ4n) is 4.55. The number of carbonyl (C=O) groups is 3. The van der Waals surface area contributed by atoms with E-state index >= 15 is 0 Å². The molecule has 0 aliphatic heterocycles. The monoisotopic (exact) mass is 513 g/mol. The van der Waals surface area contributed by atoms with Crippen molar-refractivity contribution in [2.75, 3.05) is 0 Å². The highest BCUT2D eigenvalue weighted by molar-refractivity contribution is 6.31. The van der Waals surface area contributed by atoms with Crippen LogP contribution in [0.4, 0.5) is 4.39 Å². The number of halogens is 3. The molecule has 180 valence electrons. The molecule has 2 unspecified atom stereocenters. The van der Waals surface area contributed by atoms with Crippen molar-refractivity contribution < 1.29 is 18.8 Å². The highest BCUT2D eigenvalue weighted by atomic mass is 35.5. The van der Waals surface area contributed by atoms with Crippen molar-refractivity contribution in [3.8, 4) is 11.3 Å². The van der Waals surface area contributed by atoms with Gasteiger partial charge in [-0.25, -0.2) is 4.39 Å². The van der Waals surface area contributed by atoms with Gasteiger partial charge in [0.25, 0.3) is 0 Å². The van der Waals surface area contributed by atoms with Crippen LogP contribution in [0.25, 0.3) is 11.3 Å². The van der Waals surface area contributed by atoms with Crippen LogP contribution < -0.4 is 5.32 Å². The minimum absolute atomic E-state index is 0.00470. The van der Waals surface area contributed by atoms with Crippen LogP contribution in [0.1, 0.15) is 41.1 Å². The average molecular weight is 514 g/mol. The van der Waals surface area contributed by atoms with Crippen LogP contribution in [0.2, 0.25) is 10.0 Å². The fourth-order valence-corrected chi connectivity index (χ4v) is 4.89. The van der Waals surface area contributed by atoms with Gasteiger partial charge in [0.2, 0.25) is 5.91 Å². The maximum Gasteiger partial charge on any atom is 0.221 e. The van der Waals surface area contributed by atoms with Gasteiger partial charge >= 0.3 is 0 Å². The number of benzene rings is 1. The average Bonchev–Trinajstić information content (AvgIpc) is 3.05. The fraction of sp³-hybridized carbons (Fsp3) is 0.269. The van der Waals surface area contributed by atoms with Gasteiger partial charge in [-0.2, -0.15) is 0 Å². The normalized spacial score (nSPS) is 17.6. The zero-order valence-electron chi connectivity index (χ0n) is 19.1. The summed E-state index contributed by atoms with van der Waals surface area (Å²) in [6.45, 7) is 3.68. The van der Waals surface area contributed by atoms with E-state index < -0.39 is 17.7 Å². The van der Waals surface area contributed by atoms with Gasteiger partial charge in [0.15, 0.2) is 11.6 Å². The van der Waals surface area contributed by atoms with Crippen LogP contribution in [0.15, 0.2) is 42.7 Å². The molecule has 4 rings (SSSR count). The molecule has 35 heavy (non-hydrogen) atoms. The summed E-state index contributed by atoms with van der Waals surface area (Å²) >= 11 is 11.9. The molecule has 0 bridgehead atoms. The van der Waals surface area contributed by atoms with Gasteiger partial charge in [-0.1, -0.05) is 23.2 Å². The van der Waals surface area contributed by atoms with E-state index in [0.29, 0.717) is 33.0 Å². The summed E-state index contributed by atoms with van der Waals surface area (Å²) in [7, 11) is 0. The third kappa shape index (κ3) is 5.26. The summed E-state index contributed by atoms with van der Waals surface area (Å²) in [5, 5.41) is 3.34. The summed E-state index contributed by atoms with van der Waals surface area (Å²) in [6.07, 6.45) is 2.83. The maximum absolute atomic E-state index is 14.4. The highest BCUT2D eigenvalue weighted by Gasteiger charge is 2.43. The molecular formula is C26H22Cl2FN3O3. The summed E-state index contributed by atoms with van der Waals surface area (Å²) in [5.74, 6) is -3.08. The van der Waals surface area contributed by atoms with Gasteiger partial charge in [-0.15, -0.1) is 0 Å². The Labute approximate surface area is 211 Å². The Kier molecular flexibility index (Phi) is 7.28. The number of nitrogens with zero attached hydrogens (tertiary/aromatic N) is 2. The predicted molar refractivity (Wildman–Crippen MR) is 131 cm³/mol.